The summed E-state index contributed by atoms with van der Waals surface area (Å²) in [4.78, 5) is 0. The van der Waals surface area contributed by atoms with Crippen molar-refractivity contribution in [3.05, 3.63) is 83.7 Å². The highest BCUT2D eigenvalue weighted by Crippen LogP contribution is 2.35. The fourth-order valence-corrected chi connectivity index (χ4v) is 3.51. The van der Waals surface area contributed by atoms with Gasteiger partial charge in [0.25, 0.3) is 0 Å². The molecule has 1 aromatic heterocycles. The Labute approximate surface area is 147 Å². The van der Waals surface area contributed by atoms with E-state index in [4.69, 9.17) is 0 Å². The largest absolute Gasteiger partial charge is 0.374 e. The van der Waals surface area contributed by atoms with Crippen molar-refractivity contribution in [2.24, 2.45) is 0 Å². The first-order valence-electron chi connectivity index (χ1n) is 8.74. The highest BCUT2D eigenvalue weighted by atomic mass is 16.3. The van der Waals surface area contributed by atoms with E-state index in [-0.39, 0.29) is 0 Å². The van der Waals surface area contributed by atoms with Crippen LogP contribution in [0.2, 0.25) is 0 Å². The van der Waals surface area contributed by atoms with Crippen molar-refractivity contribution in [1.29, 1.82) is 0 Å². The molecule has 1 saturated heterocycles. The summed E-state index contributed by atoms with van der Waals surface area (Å²) in [5.74, 6) is 0. The van der Waals surface area contributed by atoms with Crippen molar-refractivity contribution < 1.29 is 5.11 Å². The van der Waals surface area contributed by atoms with Gasteiger partial charge in [-0.3, -0.25) is 4.68 Å². The Morgan fingerprint density at radius 3 is 2.24 bits per heavy atom. The summed E-state index contributed by atoms with van der Waals surface area (Å²) < 4.78 is 1.83. The van der Waals surface area contributed by atoms with Gasteiger partial charge in [-0.1, -0.05) is 65.9 Å². The third-order valence-electron chi connectivity index (χ3n) is 4.86. The van der Waals surface area contributed by atoms with Crippen LogP contribution < -0.4 is 5.32 Å². The molecule has 128 valence electrons. The Hall–Kier alpha value is -2.50. The van der Waals surface area contributed by atoms with Crippen molar-refractivity contribution in [2.45, 2.75) is 31.0 Å². The van der Waals surface area contributed by atoms with Gasteiger partial charge in [-0.15, -0.1) is 5.10 Å². The second kappa shape index (κ2) is 6.78. The highest BCUT2D eigenvalue weighted by molar-refractivity contribution is 5.43. The number of aliphatic hydroxyl groups is 1. The first-order valence-corrected chi connectivity index (χ1v) is 8.74. The molecule has 1 aliphatic rings. The smallest absolute Gasteiger partial charge is 0.160 e. The predicted octanol–water partition coefficient (Wildman–Crippen LogP) is 2.31. The molecule has 0 unspecified atom stereocenters. The lowest BCUT2D eigenvalue weighted by atomic mass is 9.84. The van der Waals surface area contributed by atoms with E-state index in [9.17, 15) is 5.11 Å². The van der Waals surface area contributed by atoms with Gasteiger partial charge in [-0.05, 0) is 30.5 Å². The van der Waals surface area contributed by atoms with Gasteiger partial charge in [0.1, 0.15) is 5.69 Å². The summed E-state index contributed by atoms with van der Waals surface area (Å²) >= 11 is 0. The van der Waals surface area contributed by atoms with Crippen LogP contribution in [0.4, 0.5) is 0 Å². The highest BCUT2D eigenvalue weighted by Gasteiger charge is 2.36. The number of benzene rings is 2. The van der Waals surface area contributed by atoms with Gasteiger partial charge in [0.15, 0.2) is 5.60 Å². The van der Waals surface area contributed by atoms with E-state index >= 15 is 0 Å². The summed E-state index contributed by atoms with van der Waals surface area (Å²) in [5, 5.41) is 23.7. The molecule has 0 amide bonds. The standard InChI is InChI=1S/C20H22N4O/c25-20(16-8-3-1-4-9-16,17-10-5-2-6-11-17)19-15-24(23-22-19)14-18-12-7-13-21-18/h1-6,8-11,15,18,21,25H,7,12-14H2/t18-/m0/s1. The number of nitrogens with zero attached hydrogens (tertiary/aromatic N) is 3. The third-order valence-corrected chi connectivity index (χ3v) is 4.86. The van der Waals surface area contributed by atoms with Gasteiger partial charge in [-0.2, -0.15) is 0 Å². The lowest BCUT2D eigenvalue weighted by Crippen LogP contribution is -2.29. The van der Waals surface area contributed by atoms with Crippen molar-refractivity contribution in [2.75, 3.05) is 6.54 Å². The topological polar surface area (TPSA) is 63.0 Å². The zero-order chi connectivity index (χ0) is 17.1. The van der Waals surface area contributed by atoms with E-state index in [1.165, 1.54) is 6.42 Å². The van der Waals surface area contributed by atoms with Gasteiger partial charge in [0.05, 0.1) is 12.7 Å². The van der Waals surface area contributed by atoms with E-state index in [1.807, 2.05) is 71.5 Å². The molecule has 1 atom stereocenters. The van der Waals surface area contributed by atoms with Gasteiger partial charge in [0, 0.05) is 6.04 Å². The molecule has 5 nitrogen and oxygen atoms in total. The monoisotopic (exact) mass is 334 g/mol. The maximum absolute atomic E-state index is 11.7. The Kier molecular flexibility index (Phi) is 4.34. The molecule has 0 saturated carbocycles. The van der Waals surface area contributed by atoms with Crippen LogP contribution in [-0.2, 0) is 12.1 Å². The van der Waals surface area contributed by atoms with Crippen LogP contribution in [0, 0.1) is 0 Å². The summed E-state index contributed by atoms with van der Waals surface area (Å²) in [6.45, 7) is 1.83. The number of nitrogens with one attached hydrogen (secondary N) is 1. The fourth-order valence-electron chi connectivity index (χ4n) is 3.51. The summed E-state index contributed by atoms with van der Waals surface area (Å²) in [6.07, 6.45) is 4.21. The first-order chi connectivity index (χ1) is 12.3. The van der Waals surface area contributed by atoms with Crippen LogP contribution in [0.5, 0.6) is 0 Å². The summed E-state index contributed by atoms with van der Waals surface area (Å²) in [7, 11) is 0. The Morgan fingerprint density at radius 2 is 1.68 bits per heavy atom. The van der Waals surface area contributed by atoms with E-state index in [2.05, 4.69) is 15.6 Å². The number of rotatable bonds is 5. The number of aromatic nitrogens is 3. The van der Waals surface area contributed by atoms with Crippen LogP contribution in [-0.4, -0.2) is 32.7 Å². The van der Waals surface area contributed by atoms with Gasteiger partial charge >= 0.3 is 0 Å². The SMILES string of the molecule is OC(c1ccccc1)(c1ccccc1)c1cn(C[C@@H]2CCCN2)nn1. The van der Waals surface area contributed by atoms with Crippen molar-refractivity contribution in [3.8, 4) is 0 Å². The van der Waals surface area contributed by atoms with Crippen LogP contribution in [0.3, 0.4) is 0 Å². The molecule has 0 aliphatic carbocycles. The van der Waals surface area contributed by atoms with Gasteiger partial charge < -0.3 is 10.4 Å². The molecular formula is C20H22N4O. The van der Waals surface area contributed by atoms with Crippen LogP contribution >= 0.6 is 0 Å². The molecule has 2 aromatic carbocycles. The average Bonchev–Trinajstić information content (AvgIpc) is 3.35. The molecule has 2 heterocycles. The van der Waals surface area contributed by atoms with Crippen molar-refractivity contribution in [1.82, 2.24) is 20.3 Å². The molecule has 2 N–H and O–H groups in total. The van der Waals surface area contributed by atoms with E-state index in [0.29, 0.717) is 11.7 Å². The first kappa shape index (κ1) is 16.0. The summed E-state index contributed by atoms with van der Waals surface area (Å²) in [6, 6.07) is 19.7. The average molecular weight is 334 g/mol. The van der Waals surface area contributed by atoms with Gasteiger partial charge in [-0.25, -0.2) is 0 Å². The van der Waals surface area contributed by atoms with E-state index in [0.717, 1.165) is 30.6 Å². The van der Waals surface area contributed by atoms with Crippen molar-refractivity contribution >= 4 is 0 Å². The molecule has 25 heavy (non-hydrogen) atoms. The summed E-state index contributed by atoms with van der Waals surface area (Å²) in [5.41, 5.74) is 0.798. The minimum atomic E-state index is -1.32. The van der Waals surface area contributed by atoms with Crippen LogP contribution in [0.1, 0.15) is 29.7 Å². The van der Waals surface area contributed by atoms with Crippen LogP contribution in [0.15, 0.2) is 66.9 Å². The number of hydrogen-bond acceptors (Lipinski definition) is 4. The maximum atomic E-state index is 11.7. The van der Waals surface area contributed by atoms with Crippen molar-refractivity contribution in [3.63, 3.8) is 0 Å². The molecule has 0 radical (unpaired) electrons. The Bertz CT molecular complexity index is 770. The normalized spacial score (nSPS) is 17.7. The Balaban J connectivity index is 1.73. The lowest BCUT2D eigenvalue weighted by molar-refractivity contribution is 0.120. The third kappa shape index (κ3) is 3.08. The molecular weight excluding hydrogens is 312 g/mol. The fraction of sp³-hybridized carbons (Fsp3) is 0.300. The minimum Gasteiger partial charge on any atom is -0.374 e. The second-order valence-corrected chi connectivity index (χ2v) is 6.56. The molecule has 1 aliphatic heterocycles. The Morgan fingerprint density at radius 1 is 1.04 bits per heavy atom. The van der Waals surface area contributed by atoms with Gasteiger partial charge in [0.2, 0.25) is 0 Å². The molecule has 3 aromatic rings. The maximum Gasteiger partial charge on any atom is 0.160 e. The second-order valence-electron chi connectivity index (χ2n) is 6.56. The molecule has 0 spiro atoms. The molecule has 1 fully saturated rings. The predicted molar refractivity (Wildman–Crippen MR) is 96.0 cm³/mol. The quantitative estimate of drug-likeness (QED) is 0.752. The zero-order valence-electron chi connectivity index (χ0n) is 14.0. The molecule has 0 bridgehead atoms. The van der Waals surface area contributed by atoms with E-state index in [1.54, 1.807) is 0 Å². The van der Waals surface area contributed by atoms with E-state index < -0.39 is 5.60 Å². The van der Waals surface area contributed by atoms with Crippen LogP contribution in [0.25, 0.3) is 0 Å². The number of hydrogen-bond donors (Lipinski definition) is 2. The molecule has 4 rings (SSSR count). The zero-order valence-corrected chi connectivity index (χ0v) is 14.0. The lowest BCUT2D eigenvalue weighted by Gasteiger charge is -2.27. The molecule has 5 heteroatoms. The minimum absolute atomic E-state index is 0.427.